The van der Waals surface area contributed by atoms with Gasteiger partial charge in [0.1, 0.15) is 12.1 Å². The van der Waals surface area contributed by atoms with E-state index in [1.54, 1.807) is 30.3 Å². The molecule has 0 aliphatic carbocycles. The monoisotopic (exact) mass is 567 g/mol. The number of carbonyl (C=O) groups excluding carboxylic acids is 1. The molecule has 11 heteroatoms. The molecular formula is C29H37N5O5S. The van der Waals surface area contributed by atoms with E-state index < -0.39 is 15.9 Å². The predicted octanol–water partition coefficient (Wildman–Crippen LogP) is 4.66. The largest absolute Gasteiger partial charge is 0.492 e. The zero-order chi connectivity index (χ0) is 29.1. The van der Waals surface area contributed by atoms with Crippen LogP contribution in [0.25, 0.3) is 0 Å². The van der Waals surface area contributed by atoms with Gasteiger partial charge in [0.05, 0.1) is 24.7 Å². The molecule has 4 rings (SSSR count). The molecule has 1 aliphatic heterocycles. The maximum Gasteiger partial charge on any atom is 0.255 e. The molecule has 2 aromatic carbocycles. The fraction of sp³-hybridized carbons (Fsp3) is 0.414. The van der Waals surface area contributed by atoms with Gasteiger partial charge in [-0.2, -0.15) is 0 Å². The van der Waals surface area contributed by atoms with Crippen molar-refractivity contribution < 1.29 is 22.7 Å². The van der Waals surface area contributed by atoms with E-state index in [-0.39, 0.29) is 16.9 Å². The molecule has 0 spiro atoms. The lowest BCUT2D eigenvalue weighted by Crippen LogP contribution is -2.18. The SMILES string of the molecule is COc1c(NC(=O)c2ccc(C)c(Oc3cc(CC4CCNC4)ncn3)c2)cc(C(C)(C)C)cc1NS(C)(=O)=O. The van der Waals surface area contributed by atoms with Gasteiger partial charge in [0.2, 0.25) is 15.9 Å². The number of hydrogen-bond acceptors (Lipinski definition) is 8. The number of methoxy groups -OCH3 is 1. The molecule has 1 unspecified atom stereocenters. The number of rotatable bonds is 9. The number of ether oxygens (including phenoxy) is 2. The van der Waals surface area contributed by atoms with E-state index in [9.17, 15) is 13.2 Å². The van der Waals surface area contributed by atoms with Crippen LogP contribution in [0.3, 0.4) is 0 Å². The van der Waals surface area contributed by atoms with Crippen molar-refractivity contribution in [1.29, 1.82) is 0 Å². The third-order valence-electron chi connectivity index (χ3n) is 6.73. The second-order valence-electron chi connectivity index (χ2n) is 11.2. The van der Waals surface area contributed by atoms with Crippen LogP contribution in [-0.4, -0.2) is 50.7 Å². The number of aryl methyl sites for hydroxylation is 1. The number of nitrogens with zero attached hydrogens (tertiary/aromatic N) is 2. The Morgan fingerprint density at radius 1 is 1.12 bits per heavy atom. The van der Waals surface area contributed by atoms with Crippen molar-refractivity contribution in [2.45, 2.75) is 46.0 Å². The maximum atomic E-state index is 13.4. The van der Waals surface area contributed by atoms with Gasteiger partial charge in [-0.1, -0.05) is 26.8 Å². The van der Waals surface area contributed by atoms with E-state index in [2.05, 4.69) is 25.3 Å². The molecule has 10 nitrogen and oxygen atoms in total. The van der Waals surface area contributed by atoms with Gasteiger partial charge in [-0.25, -0.2) is 18.4 Å². The van der Waals surface area contributed by atoms with Crippen molar-refractivity contribution in [2.24, 2.45) is 5.92 Å². The van der Waals surface area contributed by atoms with Gasteiger partial charge in [0.15, 0.2) is 5.75 Å². The summed E-state index contributed by atoms with van der Waals surface area (Å²) in [6.45, 7) is 9.88. The summed E-state index contributed by atoms with van der Waals surface area (Å²) in [5, 5.41) is 6.26. The average Bonchev–Trinajstić information content (AvgIpc) is 3.37. The van der Waals surface area contributed by atoms with Crippen LogP contribution in [0, 0.1) is 12.8 Å². The van der Waals surface area contributed by atoms with E-state index in [1.807, 2.05) is 33.8 Å². The van der Waals surface area contributed by atoms with Crippen molar-refractivity contribution in [3.63, 3.8) is 0 Å². The van der Waals surface area contributed by atoms with Gasteiger partial charge in [0, 0.05) is 17.3 Å². The molecule has 1 aromatic heterocycles. The average molecular weight is 568 g/mol. The van der Waals surface area contributed by atoms with Gasteiger partial charge >= 0.3 is 0 Å². The summed E-state index contributed by atoms with van der Waals surface area (Å²) in [4.78, 5) is 22.1. The minimum Gasteiger partial charge on any atom is -0.492 e. The van der Waals surface area contributed by atoms with E-state index >= 15 is 0 Å². The number of amides is 1. The third kappa shape index (κ3) is 7.48. The normalized spacial score (nSPS) is 15.5. The Labute approximate surface area is 236 Å². The molecule has 3 aromatic rings. The minimum absolute atomic E-state index is 0.210. The molecule has 3 N–H and O–H groups in total. The van der Waals surface area contributed by atoms with Gasteiger partial charge in [0.25, 0.3) is 5.91 Å². The Hall–Kier alpha value is -3.70. The third-order valence-corrected chi connectivity index (χ3v) is 7.32. The Kier molecular flexibility index (Phi) is 8.65. The number of benzene rings is 2. The van der Waals surface area contributed by atoms with Crippen LogP contribution in [0.2, 0.25) is 0 Å². The van der Waals surface area contributed by atoms with Gasteiger partial charge in [-0.3, -0.25) is 9.52 Å². The van der Waals surface area contributed by atoms with Crippen molar-refractivity contribution in [2.75, 3.05) is 36.5 Å². The number of nitrogens with one attached hydrogen (secondary N) is 3. The Morgan fingerprint density at radius 2 is 1.88 bits per heavy atom. The minimum atomic E-state index is -3.59. The summed E-state index contributed by atoms with van der Waals surface area (Å²) in [5.41, 5.74) is 3.18. The molecule has 1 amide bonds. The first-order valence-corrected chi connectivity index (χ1v) is 15.0. The molecule has 1 atom stereocenters. The van der Waals surface area contributed by atoms with Crippen LogP contribution in [0.5, 0.6) is 17.4 Å². The number of aromatic nitrogens is 2. The van der Waals surface area contributed by atoms with Crippen molar-refractivity contribution in [3.05, 3.63) is 65.1 Å². The molecule has 1 aliphatic rings. The number of anilines is 2. The van der Waals surface area contributed by atoms with E-state index in [0.717, 1.165) is 49.0 Å². The Balaban J connectivity index is 1.60. The maximum absolute atomic E-state index is 13.4. The topological polar surface area (TPSA) is 132 Å². The summed E-state index contributed by atoms with van der Waals surface area (Å²) in [7, 11) is -2.17. The fourth-order valence-electron chi connectivity index (χ4n) is 4.54. The second-order valence-corrected chi connectivity index (χ2v) is 12.9. The van der Waals surface area contributed by atoms with Crippen LogP contribution in [0.1, 0.15) is 54.4 Å². The van der Waals surface area contributed by atoms with E-state index in [1.165, 1.54) is 13.4 Å². The highest BCUT2D eigenvalue weighted by Gasteiger charge is 2.23. The first-order valence-electron chi connectivity index (χ1n) is 13.1. The molecule has 0 saturated carbocycles. The highest BCUT2D eigenvalue weighted by Crippen LogP contribution is 2.39. The number of sulfonamides is 1. The lowest BCUT2D eigenvalue weighted by Gasteiger charge is -2.24. The first-order chi connectivity index (χ1) is 18.8. The molecular weight excluding hydrogens is 530 g/mol. The summed E-state index contributed by atoms with van der Waals surface area (Å²) in [6.07, 6.45) is 4.52. The molecule has 2 heterocycles. The molecule has 40 heavy (non-hydrogen) atoms. The Bertz CT molecular complexity index is 1500. The number of hydrogen-bond donors (Lipinski definition) is 3. The van der Waals surface area contributed by atoms with Crippen molar-refractivity contribution in [1.82, 2.24) is 15.3 Å². The highest BCUT2D eigenvalue weighted by molar-refractivity contribution is 7.92. The zero-order valence-electron chi connectivity index (χ0n) is 23.8. The quantitative estimate of drug-likeness (QED) is 0.340. The number of carbonyl (C=O) groups is 1. The van der Waals surface area contributed by atoms with Crippen LogP contribution >= 0.6 is 0 Å². The van der Waals surface area contributed by atoms with Crippen LogP contribution < -0.4 is 24.8 Å². The first kappa shape index (κ1) is 29.3. The molecule has 0 radical (unpaired) electrons. The molecule has 1 fully saturated rings. The van der Waals surface area contributed by atoms with Crippen LogP contribution in [0.4, 0.5) is 11.4 Å². The molecule has 1 saturated heterocycles. The smallest absolute Gasteiger partial charge is 0.255 e. The standard InChI is InChI=1S/C29H37N5O5S/c1-18-7-8-20(12-25(18)39-26-15-22(31-17-32-26)11-19-9-10-30-16-19)28(35)33-23-13-21(29(2,3)4)14-24(27(23)38-5)34-40(6,36)37/h7-8,12-15,17,19,30,34H,9-11,16H2,1-6H3,(H,33,35). The van der Waals surface area contributed by atoms with E-state index in [4.69, 9.17) is 9.47 Å². The lowest BCUT2D eigenvalue weighted by atomic mass is 9.86. The van der Waals surface area contributed by atoms with Gasteiger partial charge < -0.3 is 20.1 Å². The zero-order valence-corrected chi connectivity index (χ0v) is 24.6. The van der Waals surface area contributed by atoms with Crippen molar-refractivity contribution in [3.8, 4) is 17.4 Å². The lowest BCUT2D eigenvalue weighted by molar-refractivity contribution is 0.102. The molecule has 214 valence electrons. The summed E-state index contributed by atoms with van der Waals surface area (Å²) in [6, 6.07) is 10.5. The highest BCUT2D eigenvalue weighted by atomic mass is 32.2. The van der Waals surface area contributed by atoms with E-state index in [0.29, 0.717) is 28.8 Å². The van der Waals surface area contributed by atoms with Crippen LogP contribution in [0.15, 0.2) is 42.7 Å². The van der Waals surface area contributed by atoms with Crippen molar-refractivity contribution >= 4 is 27.3 Å². The predicted molar refractivity (Wildman–Crippen MR) is 156 cm³/mol. The Morgan fingerprint density at radius 3 is 2.52 bits per heavy atom. The summed E-state index contributed by atoms with van der Waals surface area (Å²) in [5.74, 6) is 1.25. The van der Waals surface area contributed by atoms with Crippen LogP contribution in [-0.2, 0) is 21.9 Å². The second kappa shape index (κ2) is 11.8. The summed E-state index contributed by atoms with van der Waals surface area (Å²) >= 11 is 0. The fourth-order valence-corrected chi connectivity index (χ4v) is 5.09. The summed E-state index contributed by atoms with van der Waals surface area (Å²) < 4.78 is 38.2. The van der Waals surface area contributed by atoms with Gasteiger partial charge in [-0.05, 0) is 79.6 Å². The molecule has 0 bridgehead atoms. The van der Waals surface area contributed by atoms with Gasteiger partial charge in [-0.15, -0.1) is 0 Å².